The number of aliphatic hydroxyl groups is 1. The van der Waals surface area contributed by atoms with Gasteiger partial charge in [-0.2, -0.15) is 0 Å². The molecular weight excluding hydrogens is 550 g/mol. The quantitative estimate of drug-likeness (QED) is 0.446. The van der Waals surface area contributed by atoms with Gasteiger partial charge in [0.05, 0.1) is 25.8 Å². The lowest BCUT2D eigenvalue weighted by Crippen LogP contribution is -2.26. The summed E-state index contributed by atoms with van der Waals surface area (Å²) in [5.41, 5.74) is 0.635. The van der Waals surface area contributed by atoms with E-state index < -0.39 is 17.3 Å². The standard InChI is InChI=1S/C12H10BrNO3.C10H5BrO4/c1-14(2)8-5-9(15)10-6(11(8)16)3-4-7(13)12(10)17;11-5-2-1-4-8(10(5)15)6(12)3-7(13)9(4)14/h3-5,17H,1-2H3;1-3,12,15H. The molecule has 2 aromatic carbocycles. The van der Waals surface area contributed by atoms with Crippen LogP contribution in [0.15, 0.2) is 51.1 Å². The molecule has 10 heteroatoms. The van der Waals surface area contributed by atoms with Crippen LogP contribution < -0.4 is 0 Å². The van der Waals surface area contributed by atoms with E-state index in [0.29, 0.717) is 14.6 Å². The second-order valence-corrected chi connectivity index (χ2v) is 8.69. The highest BCUT2D eigenvalue weighted by molar-refractivity contribution is 9.10. The third-order valence-electron chi connectivity index (χ3n) is 4.72. The van der Waals surface area contributed by atoms with Crippen LogP contribution in [0.2, 0.25) is 0 Å². The van der Waals surface area contributed by atoms with Crippen LogP contribution in [0.1, 0.15) is 36.6 Å². The van der Waals surface area contributed by atoms with Crippen LogP contribution in [0, 0.1) is 0 Å². The molecule has 2 aliphatic rings. The minimum atomic E-state index is -0.790. The molecule has 0 radical (unpaired) electrons. The molecule has 0 atom stereocenters. The summed E-state index contributed by atoms with van der Waals surface area (Å²) in [6, 6.07) is 5.91. The molecule has 0 saturated heterocycles. The molecule has 0 heterocycles. The van der Waals surface area contributed by atoms with Crippen molar-refractivity contribution < 1.29 is 34.5 Å². The number of hydrogen-bond donors (Lipinski definition) is 3. The van der Waals surface area contributed by atoms with E-state index in [4.69, 9.17) is 0 Å². The number of carbonyl (C=O) groups is 4. The number of carbonyl (C=O) groups excluding carboxylic acids is 4. The van der Waals surface area contributed by atoms with Crippen molar-refractivity contribution in [3.8, 4) is 11.5 Å². The Labute approximate surface area is 198 Å². The van der Waals surface area contributed by atoms with Gasteiger partial charge in [0.15, 0.2) is 5.78 Å². The minimum absolute atomic E-state index is 0.00558. The second-order valence-electron chi connectivity index (χ2n) is 6.98. The number of phenols is 2. The molecule has 2 aliphatic carbocycles. The van der Waals surface area contributed by atoms with E-state index in [0.717, 1.165) is 6.08 Å². The number of aromatic hydroxyl groups is 2. The zero-order valence-electron chi connectivity index (χ0n) is 16.6. The van der Waals surface area contributed by atoms with Crippen molar-refractivity contribution in [1.29, 1.82) is 0 Å². The van der Waals surface area contributed by atoms with Gasteiger partial charge in [-0.15, -0.1) is 0 Å². The number of likely N-dealkylation sites (N-methyl/N-ethyl adjacent to an activating group) is 1. The number of rotatable bonds is 1. The van der Waals surface area contributed by atoms with Gasteiger partial charge in [-0.05, 0) is 56.1 Å². The van der Waals surface area contributed by atoms with Crippen molar-refractivity contribution in [2.24, 2.45) is 0 Å². The maximum absolute atomic E-state index is 12.1. The van der Waals surface area contributed by atoms with Crippen molar-refractivity contribution in [1.82, 2.24) is 4.90 Å². The summed E-state index contributed by atoms with van der Waals surface area (Å²) >= 11 is 6.17. The lowest BCUT2D eigenvalue weighted by atomic mass is 9.91. The van der Waals surface area contributed by atoms with Gasteiger partial charge < -0.3 is 20.2 Å². The Morgan fingerprint density at radius 2 is 1.19 bits per heavy atom. The molecular formula is C22H15Br2NO7. The third kappa shape index (κ3) is 3.98. The molecule has 0 saturated carbocycles. The van der Waals surface area contributed by atoms with Crippen LogP contribution in [-0.4, -0.2) is 57.4 Å². The van der Waals surface area contributed by atoms with E-state index in [1.165, 1.54) is 24.3 Å². The number of aliphatic hydroxyl groups excluding tert-OH is 1. The van der Waals surface area contributed by atoms with Gasteiger partial charge in [0.2, 0.25) is 17.3 Å². The number of ketones is 4. The fourth-order valence-electron chi connectivity index (χ4n) is 3.15. The monoisotopic (exact) mass is 563 g/mol. The molecule has 0 aromatic heterocycles. The normalized spacial score (nSPS) is 14.6. The van der Waals surface area contributed by atoms with Crippen molar-refractivity contribution in [2.75, 3.05) is 14.1 Å². The Balaban J connectivity index is 0.000000182. The van der Waals surface area contributed by atoms with Gasteiger partial charge in [0, 0.05) is 37.4 Å². The van der Waals surface area contributed by atoms with E-state index in [9.17, 15) is 34.5 Å². The predicted octanol–water partition coefficient (Wildman–Crippen LogP) is 3.80. The van der Waals surface area contributed by atoms with E-state index in [1.54, 1.807) is 25.1 Å². The van der Waals surface area contributed by atoms with Crippen LogP contribution in [0.25, 0.3) is 5.76 Å². The summed E-state index contributed by atoms with van der Waals surface area (Å²) in [6.45, 7) is 0. The fourth-order valence-corrected chi connectivity index (χ4v) is 3.81. The van der Waals surface area contributed by atoms with Gasteiger partial charge >= 0.3 is 0 Å². The first-order valence-corrected chi connectivity index (χ1v) is 10.5. The maximum Gasteiger partial charge on any atom is 0.233 e. The molecule has 0 fully saturated rings. The summed E-state index contributed by atoms with van der Waals surface area (Å²) in [4.78, 5) is 48.0. The number of nitrogens with zero attached hydrogens (tertiary/aromatic N) is 1. The van der Waals surface area contributed by atoms with Crippen LogP contribution in [-0.2, 0) is 4.79 Å². The number of phenolic OH excluding ortho intramolecular Hbond substituents is 2. The van der Waals surface area contributed by atoms with E-state index in [1.807, 2.05) is 0 Å². The highest BCUT2D eigenvalue weighted by atomic mass is 79.9. The van der Waals surface area contributed by atoms with Crippen LogP contribution in [0.4, 0.5) is 0 Å². The summed E-state index contributed by atoms with van der Waals surface area (Å²) in [7, 11) is 3.39. The molecule has 8 nitrogen and oxygen atoms in total. The smallest absolute Gasteiger partial charge is 0.233 e. The zero-order valence-corrected chi connectivity index (χ0v) is 19.8. The molecule has 0 unspecified atom stereocenters. The summed E-state index contributed by atoms with van der Waals surface area (Å²) in [5.74, 6) is -2.97. The number of benzene rings is 2. The average molecular weight is 565 g/mol. The lowest BCUT2D eigenvalue weighted by molar-refractivity contribution is -0.111. The van der Waals surface area contributed by atoms with E-state index >= 15 is 0 Å². The van der Waals surface area contributed by atoms with Crippen molar-refractivity contribution in [3.63, 3.8) is 0 Å². The topological polar surface area (TPSA) is 132 Å². The molecule has 0 aliphatic heterocycles. The summed E-state index contributed by atoms with van der Waals surface area (Å²) in [6.07, 6.45) is 2.05. The largest absolute Gasteiger partial charge is 0.507 e. The predicted molar refractivity (Wildman–Crippen MR) is 122 cm³/mol. The summed E-state index contributed by atoms with van der Waals surface area (Å²) in [5, 5.41) is 28.9. The molecule has 32 heavy (non-hydrogen) atoms. The van der Waals surface area contributed by atoms with Crippen molar-refractivity contribution >= 4 is 60.8 Å². The third-order valence-corrected chi connectivity index (χ3v) is 6.00. The van der Waals surface area contributed by atoms with Gasteiger partial charge in [-0.3, -0.25) is 19.2 Å². The van der Waals surface area contributed by atoms with Gasteiger partial charge in [-0.1, -0.05) is 0 Å². The van der Waals surface area contributed by atoms with Gasteiger partial charge in [-0.25, -0.2) is 0 Å². The number of allylic oxidation sites excluding steroid dienone is 3. The Kier molecular flexibility index (Phi) is 6.38. The Morgan fingerprint density at radius 1 is 0.688 bits per heavy atom. The first-order valence-electron chi connectivity index (χ1n) is 8.96. The molecule has 3 N–H and O–H groups in total. The summed E-state index contributed by atoms with van der Waals surface area (Å²) < 4.78 is 0.752. The number of hydrogen-bond acceptors (Lipinski definition) is 8. The minimum Gasteiger partial charge on any atom is -0.507 e. The SMILES string of the molecule is CN(C)C1=CC(=O)c2c(ccc(Br)c2O)C1=O.O=C1C=C(O)c2c(ccc(Br)c2O)C1=O. The molecule has 0 bridgehead atoms. The molecule has 0 amide bonds. The number of fused-ring (bicyclic) bond motifs is 2. The van der Waals surface area contributed by atoms with E-state index in [-0.39, 0.29) is 45.3 Å². The first-order chi connectivity index (χ1) is 15.0. The van der Waals surface area contributed by atoms with E-state index in [2.05, 4.69) is 31.9 Å². The Morgan fingerprint density at radius 3 is 1.72 bits per heavy atom. The number of halogens is 2. The van der Waals surface area contributed by atoms with Crippen LogP contribution in [0.5, 0.6) is 11.5 Å². The molecule has 0 spiro atoms. The highest BCUT2D eigenvalue weighted by Gasteiger charge is 2.30. The van der Waals surface area contributed by atoms with Crippen molar-refractivity contribution in [3.05, 3.63) is 73.3 Å². The van der Waals surface area contributed by atoms with Gasteiger partial charge in [0.25, 0.3) is 0 Å². The molecule has 2 aromatic rings. The van der Waals surface area contributed by atoms with Crippen LogP contribution in [0.3, 0.4) is 0 Å². The fraction of sp³-hybridized carbons (Fsp3) is 0.0909. The zero-order chi connectivity index (χ0) is 23.9. The maximum atomic E-state index is 12.1. The first kappa shape index (κ1) is 23.4. The number of Topliss-reactive ketones (excluding diaryl/α,β-unsaturated/α-hetero) is 2. The van der Waals surface area contributed by atoms with Crippen molar-refractivity contribution in [2.45, 2.75) is 0 Å². The Hall–Kier alpha value is -3.24. The lowest BCUT2D eigenvalue weighted by Gasteiger charge is -2.21. The molecule has 4 rings (SSSR count). The highest BCUT2D eigenvalue weighted by Crippen LogP contribution is 2.37. The van der Waals surface area contributed by atoms with Gasteiger partial charge in [0.1, 0.15) is 17.3 Å². The Bertz CT molecular complexity index is 1280. The second kappa shape index (κ2) is 8.71. The average Bonchev–Trinajstić information content (AvgIpc) is 2.73. The molecule has 164 valence electrons. The van der Waals surface area contributed by atoms with Crippen LogP contribution >= 0.6 is 31.9 Å².